The molecular weight excluding hydrogens is 249 g/mol. The summed E-state index contributed by atoms with van der Waals surface area (Å²) in [5.74, 6) is 0.250. The fourth-order valence-electron chi connectivity index (χ4n) is 1.86. The summed E-state index contributed by atoms with van der Waals surface area (Å²) in [6.07, 6.45) is 2.24. The van der Waals surface area contributed by atoms with Crippen LogP contribution >= 0.6 is 0 Å². The number of hydrogen-bond acceptors (Lipinski definition) is 1. The highest BCUT2D eigenvalue weighted by Gasteiger charge is 2.35. The first-order valence-corrected chi connectivity index (χ1v) is 7.46. The predicted octanol–water partition coefficient (Wildman–Crippen LogP) is 3.33. The van der Waals surface area contributed by atoms with E-state index in [1.54, 1.807) is 6.07 Å². The molecule has 2 nitrogen and oxygen atoms in total. The Morgan fingerprint density at radius 2 is 2.06 bits per heavy atom. The van der Waals surface area contributed by atoms with Gasteiger partial charge in [-0.1, -0.05) is 12.1 Å². The number of halogens is 1. The van der Waals surface area contributed by atoms with Crippen LogP contribution < -0.4 is 4.72 Å². The van der Waals surface area contributed by atoms with Crippen molar-refractivity contribution in [1.82, 2.24) is 4.72 Å². The Kier molecular flexibility index (Phi) is 3.87. The Balaban J connectivity index is 2.17. The zero-order chi connectivity index (χ0) is 13.3. The van der Waals surface area contributed by atoms with Gasteiger partial charge in [0, 0.05) is 6.04 Å². The van der Waals surface area contributed by atoms with Crippen LogP contribution in [0.25, 0.3) is 0 Å². The average Bonchev–Trinajstić information content (AvgIpc) is 3.08. The van der Waals surface area contributed by atoms with Crippen molar-refractivity contribution in [2.75, 3.05) is 0 Å². The highest BCUT2D eigenvalue weighted by molar-refractivity contribution is 7.84. The van der Waals surface area contributed by atoms with Gasteiger partial charge in [-0.15, -0.1) is 0 Å². The summed E-state index contributed by atoms with van der Waals surface area (Å²) in [6.45, 7) is 5.81. The molecule has 1 fully saturated rings. The van der Waals surface area contributed by atoms with Crippen LogP contribution in [-0.2, 0) is 11.0 Å². The highest BCUT2D eigenvalue weighted by Crippen LogP contribution is 2.41. The van der Waals surface area contributed by atoms with E-state index in [1.165, 1.54) is 12.1 Å². The number of hydrogen-bond donors (Lipinski definition) is 1. The first-order chi connectivity index (χ1) is 8.38. The molecule has 1 saturated carbocycles. The lowest BCUT2D eigenvalue weighted by Crippen LogP contribution is -2.36. The molecule has 0 unspecified atom stereocenters. The fraction of sp³-hybridized carbons (Fsp3) is 0.571. The molecule has 2 atom stereocenters. The van der Waals surface area contributed by atoms with Gasteiger partial charge in [-0.05, 0) is 57.2 Å². The monoisotopic (exact) mass is 269 g/mol. The molecular formula is C14H20FNOS. The lowest BCUT2D eigenvalue weighted by atomic mass is 10.0. The van der Waals surface area contributed by atoms with E-state index in [-0.39, 0.29) is 16.6 Å². The zero-order valence-electron chi connectivity index (χ0n) is 11.1. The van der Waals surface area contributed by atoms with Crippen LogP contribution in [0.5, 0.6) is 0 Å². The van der Waals surface area contributed by atoms with E-state index < -0.39 is 11.0 Å². The van der Waals surface area contributed by atoms with E-state index in [0.29, 0.717) is 5.92 Å². The molecule has 1 aliphatic rings. The van der Waals surface area contributed by atoms with E-state index in [2.05, 4.69) is 4.72 Å². The van der Waals surface area contributed by atoms with Gasteiger partial charge in [-0.3, -0.25) is 0 Å². The first-order valence-electron chi connectivity index (χ1n) is 6.31. The SMILES string of the molecule is CC(C)(C)[S@@](=O)N[C@H](c1cccc(F)c1)C1CC1. The topological polar surface area (TPSA) is 29.1 Å². The summed E-state index contributed by atoms with van der Waals surface area (Å²) in [4.78, 5) is 0. The molecule has 4 heteroatoms. The first kappa shape index (κ1) is 13.7. The van der Waals surface area contributed by atoms with Crippen LogP contribution in [0.2, 0.25) is 0 Å². The average molecular weight is 269 g/mol. The molecule has 1 aromatic carbocycles. The molecule has 0 saturated heterocycles. The molecule has 0 bridgehead atoms. The normalized spacial score (nSPS) is 19.6. The molecule has 0 aromatic heterocycles. The minimum absolute atomic E-state index is 0.000702. The van der Waals surface area contributed by atoms with Crippen LogP contribution in [0.4, 0.5) is 4.39 Å². The maximum absolute atomic E-state index is 13.3. The molecule has 0 amide bonds. The lowest BCUT2D eigenvalue weighted by molar-refractivity contribution is 0.550. The Hall–Kier alpha value is -0.740. The summed E-state index contributed by atoms with van der Waals surface area (Å²) in [5.41, 5.74) is 0.898. The minimum atomic E-state index is -1.13. The predicted molar refractivity (Wildman–Crippen MR) is 72.9 cm³/mol. The third-order valence-electron chi connectivity index (χ3n) is 3.09. The van der Waals surface area contributed by atoms with Crippen molar-refractivity contribution in [3.63, 3.8) is 0 Å². The van der Waals surface area contributed by atoms with Crippen LogP contribution in [0, 0.1) is 11.7 Å². The summed E-state index contributed by atoms with van der Waals surface area (Å²) in [5, 5.41) is 0. The molecule has 1 N–H and O–H groups in total. The summed E-state index contributed by atoms with van der Waals surface area (Å²) < 4.78 is 28.3. The van der Waals surface area contributed by atoms with E-state index in [0.717, 1.165) is 18.4 Å². The van der Waals surface area contributed by atoms with Crippen molar-refractivity contribution in [1.29, 1.82) is 0 Å². The maximum Gasteiger partial charge on any atom is 0.123 e. The molecule has 2 rings (SSSR count). The van der Waals surface area contributed by atoms with Gasteiger partial charge >= 0.3 is 0 Å². The quantitative estimate of drug-likeness (QED) is 0.892. The van der Waals surface area contributed by atoms with Gasteiger partial charge in [-0.2, -0.15) is 0 Å². The standard InChI is InChI=1S/C14H20FNOS/c1-14(2,3)18(17)16-13(10-7-8-10)11-5-4-6-12(15)9-11/h4-6,9-10,13,16H,7-8H2,1-3H3/t13-,18+/m0/s1. The Labute approximate surface area is 111 Å². The van der Waals surface area contributed by atoms with Gasteiger partial charge in [-0.25, -0.2) is 13.3 Å². The minimum Gasteiger partial charge on any atom is -0.242 e. The molecule has 18 heavy (non-hydrogen) atoms. The van der Waals surface area contributed by atoms with Gasteiger partial charge < -0.3 is 0 Å². The van der Waals surface area contributed by atoms with Crippen molar-refractivity contribution in [2.24, 2.45) is 5.92 Å². The molecule has 0 spiro atoms. The van der Waals surface area contributed by atoms with Gasteiger partial charge in [0.1, 0.15) is 5.82 Å². The summed E-state index contributed by atoms with van der Waals surface area (Å²) >= 11 is 0. The van der Waals surface area contributed by atoms with Crippen molar-refractivity contribution in [3.05, 3.63) is 35.6 Å². The Morgan fingerprint density at radius 1 is 1.39 bits per heavy atom. The van der Waals surface area contributed by atoms with Crippen LogP contribution in [-0.4, -0.2) is 8.96 Å². The largest absolute Gasteiger partial charge is 0.242 e. The van der Waals surface area contributed by atoms with Crippen molar-refractivity contribution in [3.8, 4) is 0 Å². The molecule has 100 valence electrons. The molecule has 0 heterocycles. The van der Waals surface area contributed by atoms with Crippen molar-refractivity contribution < 1.29 is 8.60 Å². The van der Waals surface area contributed by atoms with Crippen molar-refractivity contribution in [2.45, 2.75) is 44.4 Å². The van der Waals surface area contributed by atoms with Crippen molar-refractivity contribution >= 4 is 11.0 Å². The fourth-order valence-corrected chi connectivity index (χ4v) is 2.77. The molecule has 0 aliphatic heterocycles. The van der Waals surface area contributed by atoms with Crippen LogP contribution in [0.15, 0.2) is 24.3 Å². The second-order valence-corrected chi connectivity index (χ2v) is 7.87. The molecule has 1 aromatic rings. The van der Waals surface area contributed by atoms with Gasteiger partial charge in [0.05, 0.1) is 15.7 Å². The lowest BCUT2D eigenvalue weighted by Gasteiger charge is -2.24. The number of nitrogens with one attached hydrogen (secondary N) is 1. The second kappa shape index (κ2) is 5.10. The van der Waals surface area contributed by atoms with Crippen LogP contribution in [0.3, 0.4) is 0 Å². The highest BCUT2D eigenvalue weighted by atomic mass is 32.2. The maximum atomic E-state index is 13.3. The summed E-state index contributed by atoms with van der Waals surface area (Å²) in [7, 11) is -1.13. The third-order valence-corrected chi connectivity index (χ3v) is 4.67. The van der Waals surface area contributed by atoms with Gasteiger partial charge in [0.15, 0.2) is 0 Å². The third kappa shape index (κ3) is 3.39. The van der Waals surface area contributed by atoms with Gasteiger partial charge in [0.2, 0.25) is 0 Å². The van der Waals surface area contributed by atoms with E-state index >= 15 is 0 Å². The summed E-state index contributed by atoms with van der Waals surface area (Å²) in [6, 6.07) is 6.59. The Morgan fingerprint density at radius 3 is 2.56 bits per heavy atom. The number of rotatable bonds is 4. The number of benzene rings is 1. The smallest absolute Gasteiger partial charge is 0.123 e. The molecule has 1 aliphatic carbocycles. The van der Waals surface area contributed by atoms with E-state index in [1.807, 2.05) is 26.8 Å². The zero-order valence-corrected chi connectivity index (χ0v) is 11.9. The Bertz CT molecular complexity index is 451. The van der Waals surface area contributed by atoms with Gasteiger partial charge in [0.25, 0.3) is 0 Å². The molecule has 0 radical (unpaired) electrons. The second-order valence-electron chi connectivity index (χ2n) is 5.87. The van der Waals surface area contributed by atoms with E-state index in [9.17, 15) is 8.60 Å². The van der Waals surface area contributed by atoms with E-state index in [4.69, 9.17) is 0 Å². The van der Waals surface area contributed by atoms with Crippen LogP contribution in [0.1, 0.15) is 45.2 Å².